The number of hydrogen-bond donors (Lipinski definition) is 0. The van der Waals surface area contributed by atoms with E-state index in [4.69, 9.17) is 14.2 Å². The molecular formula is C23H26O6. The topological polar surface area (TPSA) is 78.9 Å². The molecule has 0 saturated heterocycles. The van der Waals surface area contributed by atoms with Crippen LogP contribution in [0.15, 0.2) is 60.7 Å². The van der Waals surface area contributed by atoms with E-state index in [9.17, 15) is 14.4 Å². The molecule has 0 aliphatic rings. The third-order valence-electron chi connectivity index (χ3n) is 4.14. The summed E-state index contributed by atoms with van der Waals surface area (Å²) in [5, 5.41) is 0. The molecule has 0 amide bonds. The number of carbonyl (C=O) groups is 3. The van der Waals surface area contributed by atoms with Crippen molar-refractivity contribution in [3.63, 3.8) is 0 Å². The van der Waals surface area contributed by atoms with Gasteiger partial charge in [0.05, 0.1) is 12.2 Å². The third kappa shape index (κ3) is 8.60. The zero-order chi connectivity index (χ0) is 20.9. The third-order valence-corrected chi connectivity index (χ3v) is 4.14. The molecule has 29 heavy (non-hydrogen) atoms. The van der Waals surface area contributed by atoms with Gasteiger partial charge in [-0.25, -0.2) is 9.59 Å². The summed E-state index contributed by atoms with van der Waals surface area (Å²) in [6.07, 6.45) is 1.36. The van der Waals surface area contributed by atoms with Crippen LogP contribution < -0.4 is 0 Å². The Morgan fingerprint density at radius 3 is 2.17 bits per heavy atom. The van der Waals surface area contributed by atoms with Gasteiger partial charge in [-0.05, 0) is 43.9 Å². The maximum absolute atomic E-state index is 11.9. The summed E-state index contributed by atoms with van der Waals surface area (Å²) >= 11 is 0. The number of esters is 3. The molecule has 2 aromatic carbocycles. The second kappa shape index (κ2) is 12.3. The number of hydrogen-bond acceptors (Lipinski definition) is 6. The number of carbonyl (C=O) groups excluding carboxylic acids is 3. The highest BCUT2D eigenvalue weighted by Gasteiger charge is 2.20. The number of benzene rings is 2. The van der Waals surface area contributed by atoms with Crippen molar-refractivity contribution in [2.24, 2.45) is 0 Å². The van der Waals surface area contributed by atoms with Crippen molar-refractivity contribution < 1.29 is 28.6 Å². The minimum absolute atomic E-state index is 0.213. The summed E-state index contributed by atoms with van der Waals surface area (Å²) in [6, 6.07) is 18.0. The van der Waals surface area contributed by atoms with Crippen molar-refractivity contribution in [2.45, 2.75) is 45.3 Å². The van der Waals surface area contributed by atoms with Gasteiger partial charge in [0.15, 0.2) is 6.10 Å². The van der Waals surface area contributed by atoms with Crippen LogP contribution in [0, 0.1) is 0 Å². The molecule has 0 N–H and O–H groups in total. The number of ether oxygens (including phenoxy) is 3. The molecule has 0 aromatic heterocycles. The molecule has 2 rings (SSSR count). The average Bonchev–Trinajstić information content (AvgIpc) is 2.75. The maximum atomic E-state index is 11.9. The average molecular weight is 398 g/mol. The molecule has 2 aromatic rings. The van der Waals surface area contributed by atoms with Crippen LogP contribution >= 0.6 is 0 Å². The van der Waals surface area contributed by atoms with E-state index >= 15 is 0 Å². The SMILES string of the molecule is C[C@@H](OC(=O)c1ccccc1)C(=O)OCCCCCC(=O)OCc1ccccc1. The summed E-state index contributed by atoms with van der Waals surface area (Å²) in [7, 11) is 0. The van der Waals surface area contributed by atoms with Gasteiger partial charge in [0.2, 0.25) is 0 Å². The molecule has 6 heteroatoms. The lowest BCUT2D eigenvalue weighted by atomic mass is 10.2. The molecule has 0 aliphatic carbocycles. The quantitative estimate of drug-likeness (QED) is 0.322. The van der Waals surface area contributed by atoms with E-state index in [1.54, 1.807) is 30.3 Å². The molecule has 0 spiro atoms. The Hall–Kier alpha value is -3.15. The Kier molecular flexibility index (Phi) is 9.42. The van der Waals surface area contributed by atoms with Crippen LogP contribution in [-0.2, 0) is 30.4 Å². The fraction of sp³-hybridized carbons (Fsp3) is 0.348. The fourth-order valence-electron chi connectivity index (χ4n) is 2.50. The molecule has 0 saturated carbocycles. The minimum atomic E-state index is -0.976. The predicted molar refractivity (Wildman–Crippen MR) is 107 cm³/mol. The lowest BCUT2D eigenvalue weighted by Crippen LogP contribution is -2.26. The second-order valence-corrected chi connectivity index (χ2v) is 6.54. The van der Waals surface area contributed by atoms with E-state index in [1.165, 1.54) is 6.92 Å². The first-order valence-corrected chi connectivity index (χ1v) is 9.68. The van der Waals surface area contributed by atoms with Crippen molar-refractivity contribution in [3.8, 4) is 0 Å². The van der Waals surface area contributed by atoms with E-state index in [2.05, 4.69) is 0 Å². The lowest BCUT2D eigenvalue weighted by Gasteiger charge is -2.12. The highest BCUT2D eigenvalue weighted by Crippen LogP contribution is 2.07. The number of unbranched alkanes of at least 4 members (excludes halogenated alkanes) is 2. The van der Waals surface area contributed by atoms with Crippen molar-refractivity contribution in [1.29, 1.82) is 0 Å². The summed E-state index contributed by atoms with van der Waals surface area (Å²) in [6.45, 7) is 1.97. The monoisotopic (exact) mass is 398 g/mol. The Balaban J connectivity index is 1.52. The largest absolute Gasteiger partial charge is 0.463 e. The van der Waals surface area contributed by atoms with Crippen molar-refractivity contribution in [3.05, 3.63) is 71.8 Å². The molecule has 0 radical (unpaired) electrons. The standard InChI is InChI=1S/C23H26O6/c1-18(29-23(26)20-13-7-3-8-14-20)22(25)27-16-10-4-9-15-21(24)28-17-19-11-5-2-6-12-19/h2-3,5-8,11-14,18H,4,9-10,15-17H2,1H3/t18-/m1/s1. The van der Waals surface area contributed by atoms with Crippen LogP contribution in [0.1, 0.15) is 48.5 Å². The molecule has 0 heterocycles. The lowest BCUT2D eigenvalue weighted by molar-refractivity contribution is -0.153. The van der Waals surface area contributed by atoms with Gasteiger partial charge in [-0.1, -0.05) is 48.5 Å². The van der Waals surface area contributed by atoms with E-state index in [0.29, 0.717) is 24.8 Å². The van der Waals surface area contributed by atoms with Crippen molar-refractivity contribution >= 4 is 17.9 Å². The van der Waals surface area contributed by atoms with Gasteiger partial charge in [-0.3, -0.25) is 4.79 Å². The van der Waals surface area contributed by atoms with Gasteiger partial charge in [0.1, 0.15) is 6.61 Å². The van der Waals surface area contributed by atoms with E-state index < -0.39 is 18.0 Å². The van der Waals surface area contributed by atoms with Gasteiger partial charge < -0.3 is 14.2 Å². The van der Waals surface area contributed by atoms with E-state index in [0.717, 1.165) is 12.0 Å². The molecule has 1 atom stereocenters. The Labute approximate surface area is 170 Å². The zero-order valence-electron chi connectivity index (χ0n) is 16.5. The van der Waals surface area contributed by atoms with Gasteiger partial charge >= 0.3 is 17.9 Å². The first-order valence-electron chi connectivity index (χ1n) is 9.68. The fourth-order valence-corrected chi connectivity index (χ4v) is 2.50. The first-order chi connectivity index (χ1) is 14.1. The normalized spacial score (nSPS) is 11.3. The van der Waals surface area contributed by atoms with E-state index in [1.807, 2.05) is 30.3 Å². The summed E-state index contributed by atoms with van der Waals surface area (Å²) in [4.78, 5) is 35.5. The highest BCUT2D eigenvalue weighted by atomic mass is 16.6. The Morgan fingerprint density at radius 1 is 0.828 bits per heavy atom. The minimum Gasteiger partial charge on any atom is -0.463 e. The molecule has 0 unspecified atom stereocenters. The van der Waals surface area contributed by atoms with Crippen LogP contribution in [0.2, 0.25) is 0 Å². The van der Waals surface area contributed by atoms with Gasteiger partial charge in [-0.15, -0.1) is 0 Å². The molecule has 6 nitrogen and oxygen atoms in total. The smallest absolute Gasteiger partial charge is 0.347 e. The van der Waals surface area contributed by atoms with Crippen LogP contribution in [-0.4, -0.2) is 30.6 Å². The second-order valence-electron chi connectivity index (χ2n) is 6.54. The van der Waals surface area contributed by atoms with Crippen molar-refractivity contribution in [1.82, 2.24) is 0 Å². The van der Waals surface area contributed by atoms with Gasteiger partial charge in [0.25, 0.3) is 0 Å². The Bertz CT molecular complexity index is 772. The first kappa shape index (κ1) is 22.1. The zero-order valence-corrected chi connectivity index (χ0v) is 16.5. The summed E-state index contributed by atoms with van der Waals surface area (Å²) < 4.78 is 15.4. The van der Waals surface area contributed by atoms with Crippen LogP contribution in [0.5, 0.6) is 0 Å². The van der Waals surface area contributed by atoms with Crippen LogP contribution in [0.4, 0.5) is 0 Å². The van der Waals surface area contributed by atoms with Gasteiger partial charge in [0, 0.05) is 6.42 Å². The van der Waals surface area contributed by atoms with Crippen LogP contribution in [0.3, 0.4) is 0 Å². The molecule has 0 bridgehead atoms. The summed E-state index contributed by atoms with van der Waals surface area (Å²) in [5.41, 5.74) is 1.33. The highest BCUT2D eigenvalue weighted by molar-refractivity contribution is 5.91. The molecule has 0 fully saturated rings. The summed E-state index contributed by atoms with van der Waals surface area (Å²) in [5.74, 6) is -1.40. The molecule has 0 aliphatic heterocycles. The Morgan fingerprint density at radius 2 is 1.48 bits per heavy atom. The van der Waals surface area contributed by atoms with Crippen molar-refractivity contribution in [2.75, 3.05) is 6.61 Å². The van der Waals surface area contributed by atoms with Crippen LogP contribution in [0.25, 0.3) is 0 Å². The molecule has 154 valence electrons. The predicted octanol–water partition coefficient (Wildman–Crippen LogP) is 4.08. The number of rotatable bonds is 11. The maximum Gasteiger partial charge on any atom is 0.347 e. The molecular weight excluding hydrogens is 372 g/mol. The van der Waals surface area contributed by atoms with Gasteiger partial charge in [-0.2, -0.15) is 0 Å². The van der Waals surface area contributed by atoms with E-state index in [-0.39, 0.29) is 19.2 Å².